The lowest BCUT2D eigenvalue weighted by molar-refractivity contribution is -0.157. The van der Waals surface area contributed by atoms with Crippen LogP contribution in [-0.4, -0.2) is 23.5 Å². The van der Waals surface area contributed by atoms with Gasteiger partial charge in [-0.2, -0.15) is 0 Å². The van der Waals surface area contributed by atoms with Crippen molar-refractivity contribution in [2.45, 2.75) is 45.3 Å². The Balaban J connectivity index is 1.91. The van der Waals surface area contributed by atoms with E-state index in [2.05, 4.69) is 11.4 Å². The lowest BCUT2D eigenvalue weighted by Crippen LogP contribution is -2.47. The predicted molar refractivity (Wildman–Crippen MR) is 116 cm³/mol. The summed E-state index contributed by atoms with van der Waals surface area (Å²) in [6, 6.07) is 22.2. The Hall–Kier alpha value is -3.14. The summed E-state index contributed by atoms with van der Waals surface area (Å²) in [5, 5.41) is 5.11. The number of hydrogen-bond acceptors (Lipinski definition) is 3. The molecule has 0 aliphatic rings. The van der Waals surface area contributed by atoms with E-state index in [-0.39, 0.29) is 11.8 Å². The summed E-state index contributed by atoms with van der Waals surface area (Å²) in [5.41, 5.74) is 0.829. The van der Waals surface area contributed by atoms with E-state index in [1.165, 1.54) is 0 Å². The van der Waals surface area contributed by atoms with Gasteiger partial charge in [-0.25, -0.2) is 4.79 Å². The number of hydrogen-bond donors (Lipinski definition) is 1. The molecule has 3 aromatic rings. The van der Waals surface area contributed by atoms with Gasteiger partial charge in [0.1, 0.15) is 11.6 Å². The first-order chi connectivity index (χ1) is 13.7. The summed E-state index contributed by atoms with van der Waals surface area (Å²) < 4.78 is 5.61. The third-order valence-electron chi connectivity index (χ3n) is 4.78. The topological polar surface area (TPSA) is 55.4 Å². The number of benzene rings is 3. The van der Waals surface area contributed by atoms with Crippen LogP contribution in [0.2, 0.25) is 0 Å². The van der Waals surface area contributed by atoms with Gasteiger partial charge in [-0.15, -0.1) is 0 Å². The maximum Gasteiger partial charge on any atom is 0.329 e. The second-order valence-corrected chi connectivity index (χ2v) is 8.25. The zero-order chi connectivity index (χ0) is 21.0. The fourth-order valence-electron chi connectivity index (χ4n) is 3.25. The quantitative estimate of drug-likeness (QED) is 0.619. The minimum Gasteiger partial charge on any atom is -0.458 e. The Labute approximate surface area is 171 Å². The third-order valence-corrected chi connectivity index (χ3v) is 4.78. The maximum absolute atomic E-state index is 13.0. The van der Waals surface area contributed by atoms with Crippen LogP contribution in [0, 0.1) is 0 Å². The van der Waals surface area contributed by atoms with Gasteiger partial charge < -0.3 is 10.1 Å². The summed E-state index contributed by atoms with van der Waals surface area (Å²) in [6.45, 7) is 7.40. The monoisotopic (exact) mass is 389 g/mol. The van der Waals surface area contributed by atoms with Gasteiger partial charge in [0.15, 0.2) is 0 Å². The van der Waals surface area contributed by atoms with Gasteiger partial charge in [0.25, 0.3) is 5.91 Å². The minimum atomic E-state index is -0.803. The molecule has 1 amide bonds. The maximum atomic E-state index is 13.0. The van der Waals surface area contributed by atoms with E-state index < -0.39 is 17.6 Å². The van der Waals surface area contributed by atoms with E-state index in [0.29, 0.717) is 5.56 Å². The molecule has 0 radical (unpaired) electrons. The lowest BCUT2D eigenvalue weighted by atomic mass is 9.91. The predicted octanol–water partition coefficient (Wildman–Crippen LogP) is 5.08. The molecule has 150 valence electrons. The molecule has 0 aliphatic heterocycles. The molecule has 0 heterocycles. The van der Waals surface area contributed by atoms with Gasteiger partial charge >= 0.3 is 5.97 Å². The van der Waals surface area contributed by atoms with Crippen LogP contribution >= 0.6 is 0 Å². The lowest BCUT2D eigenvalue weighted by Gasteiger charge is -2.28. The average molecular weight is 389 g/mol. The van der Waals surface area contributed by atoms with E-state index in [1.54, 1.807) is 24.3 Å². The number of fused-ring (bicyclic) bond motifs is 1. The van der Waals surface area contributed by atoms with Crippen LogP contribution in [-0.2, 0) is 9.53 Å². The van der Waals surface area contributed by atoms with E-state index >= 15 is 0 Å². The first-order valence-electron chi connectivity index (χ1n) is 9.82. The number of rotatable bonds is 5. The van der Waals surface area contributed by atoms with Crippen LogP contribution < -0.4 is 5.32 Å². The summed E-state index contributed by atoms with van der Waals surface area (Å²) in [7, 11) is 0. The molecule has 4 nitrogen and oxygen atoms in total. The molecule has 0 aromatic heterocycles. The first kappa shape index (κ1) is 20.6. The molecule has 4 heteroatoms. The van der Waals surface area contributed by atoms with Crippen molar-refractivity contribution in [3.8, 4) is 0 Å². The Morgan fingerprint density at radius 2 is 1.48 bits per heavy atom. The molecule has 0 bridgehead atoms. The molecule has 3 aromatic carbocycles. The largest absolute Gasteiger partial charge is 0.458 e. The number of esters is 1. The van der Waals surface area contributed by atoms with E-state index in [0.717, 1.165) is 16.3 Å². The van der Waals surface area contributed by atoms with Crippen molar-refractivity contribution in [2.75, 3.05) is 0 Å². The number of ether oxygens (including phenoxy) is 1. The van der Waals surface area contributed by atoms with Crippen molar-refractivity contribution in [1.82, 2.24) is 5.32 Å². The highest BCUT2D eigenvalue weighted by Crippen LogP contribution is 2.26. The highest BCUT2D eigenvalue weighted by Gasteiger charge is 2.32. The normalized spacial score (nSPS) is 13.5. The Morgan fingerprint density at radius 1 is 0.862 bits per heavy atom. The SMILES string of the molecule is C[C@@H](c1ccc2ccccc2c1)[C@H](NC(=O)c1ccccc1)C(=O)OC(C)(C)C. The molecule has 3 rings (SSSR count). The van der Waals surface area contributed by atoms with Crippen molar-refractivity contribution in [2.24, 2.45) is 0 Å². The Kier molecular flexibility index (Phi) is 6.02. The molecule has 0 aliphatic carbocycles. The van der Waals surface area contributed by atoms with Crippen molar-refractivity contribution in [1.29, 1.82) is 0 Å². The standard InChI is InChI=1S/C25H27NO3/c1-17(20-15-14-18-10-8-9-13-21(18)16-20)22(24(28)29-25(2,3)4)26-23(27)19-11-6-5-7-12-19/h5-17,22H,1-4H3,(H,26,27)/t17-,22-/m0/s1. The van der Waals surface area contributed by atoms with Crippen molar-refractivity contribution in [3.63, 3.8) is 0 Å². The summed E-state index contributed by atoms with van der Waals surface area (Å²) in [5.74, 6) is -1.00. The number of carbonyl (C=O) groups excluding carboxylic acids is 2. The van der Waals surface area contributed by atoms with Crippen LogP contribution in [0.3, 0.4) is 0 Å². The van der Waals surface area contributed by atoms with Crippen LogP contribution in [0.25, 0.3) is 10.8 Å². The average Bonchev–Trinajstić information content (AvgIpc) is 2.70. The minimum absolute atomic E-state index is 0.262. The number of nitrogens with one attached hydrogen (secondary N) is 1. The molecule has 29 heavy (non-hydrogen) atoms. The Bertz CT molecular complexity index is 1010. The molecule has 2 atom stereocenters. The number of carbonyl (C=O) groups is 2. The third kappa shape index (κ3) is 5.23. The van der Waals surface area contributed by atoms with Crippen molar-refractivity contribution < 1.29 is 14.3 Å². The van der Waals surface area contributed by atoms with Gasteiger partial charge in [0, 0.05) is 11.5 Å². The molecular weight excluding hydrogens is 362 g/mol. The molecule has 1 N–H and O–H groups in total. The highest BCUT2D eigenvalue weighted by molar-refractivity contribution is 5.97. The molecule has 0 spiro atoms. The summed E-state index contributed by atoms with van der Waals surface area (Å²) >= 11 is 0. The molecule has 0 saturated heterocycles. The number of amides is 1. The Morgan fingerprint density at radius 3 is 2.14 bits per heavy atom. The molecule has 0 fully saturated rings. The van der Waals surface area contributed by atoms with Crippen LogP contribution in [0.1, 0.15) is 49.5 Å². The highest BCUT2D eigenvalue weighted by atomic mass is 16.6. The van der Waals surface area contributed by atoms with E-state index in [4.69, 9.17) is 4.74 Å². The van der Waals surface area contributed by atoms with Gasteiger partial charge in [-0.3, -0.25) is 4.79 Å². The molecular formula is C25H27NO3. The van der Waals surface area contributed by atoms with Gasteiger partial charge in [-0.1, -0.05) is 67.6 Å². The molecule has 0 unspecified atom stereocenters. The van der Waals surface area contributed by atoms with E-state index in [1.807, 2.05) is 70.2 Å². The smallest absolute Gasteiger partial charge is 0.329 e. The van der Waals surface area contributed by atoms with Crippen molar-refractivity contribution >= 4 is 22.6 Å². The van der Waals surface area contributed by atoms with Crippen molar-refractivity contribution in [3.05, 3.63) is 83.9 Å². The zero-order valence-corrected chi connectivity index (χ0v) is 17.3. The van der Waals surface area contributed by atoms with Crippen LogP contribution in [0.5, 0.6) is 0 Å². The summed E-state index contributed by atoms with van der Waals surface area (Å²) in [4.78, 5) is 25.7. The van der Waals surface area contributed by atoms with Gasteiger partial charge in [0.2, 0.25) is 0 Å². The van der Waals surface area contributed by atoms with Gasteiger partial charge in [0.05, 0.1) is 0 Å². The van der Waals surface area contributed by atoms with E-state index in [9.17, 15) is 9.59 Å². The molecule has 0 saturated carbocycles. The second kappa shape index (κ2) is 8.48. The van der Waals surface area contributed by atoms with Gasteiger partial charge in [-0.05, 0) is 49.2 Å². The summed E-state index contributed by atoms with van der Waals surface area (Å²) in [6.07, 6.45) is 0. The first-order valence-corrected chi connectivity index (χ1v) is 9.82. The fraction of sp³-hybridized carbons (Fsp3) is 0.280. The van der Waals surface area contributed by atoms with Crippen LogP contribution in [0.15, 0.2) is 72.8 Å². The second-order valence-electron chi connectivity index (χ2n) is 8.25. The fourth-order valence-corrected chi connectivity index (χ4v) is 3.25. The zero-order valence-electron chi connectivity index (χ0n) is 17.3. The van der Waals surface area contributed by atoms with Crippen LogP contribution in [0.4, 0.5) is 0 Å².